The molecule has 0 aliphatic heterocycles. The van der Waals surface area contributed by atoms with Crippen molar-refractivity contribution in [2.75, 3.05) is 11.0 Å². The number of fused-ring (bicyclic) bond motifs is 1. The molecule has 2 aromatic carbocycles. The highest BCUT2D eigenvalue weighted by Crippen LogP contribution is 2.41. The van der Waals surface area contributed by atoms with Crippen molar-refractivity contribution in [3.05, 3.63) is 81.7 Å². The van der Waals surface area contributed by atoms with E-state index in [1.807, 2.05) is 0 Å². The van der Waals surface area contributed by atoms with Gasteiger partial charge in [-0.1, -0.05) is 24.1 Å². The van der Waals surface area contributed by atoms with Crippen LogP contribution in [0.3, 0.4) is 0 Å². The molecule has 0 unspecified atom stereocenters. The molecule has 0 saturated heterocycles. The van der Waals surface area contributed by atoms with Gasteiger partial charge in [-0.3, -0.25) is 9.48 Å². The molecule has 0 fully saturated rings. The fourth-order valence-corrected chi connectivity index (χ4v) is 4.16. The number of nitrogens with one attached hydrogen (secondary N) is 1. The number of alkyl halides is 3. The van der Waals surface area contributed by atoms with E-state index < -0.39 is 17.7 Å². The lowest BCUT2D eigenvalue weighted by Crippen LogP contribution is -2.18. The van der Waals surface area contributed by atoms with Gasteiger partial charge >= 0.3 is 6.18 Å². The predicted molar refractivity (Wildman–Crippen MR) is 123 cm³/mol. The largest absolute Gasteiger partial charge is 0.435 e. The first-order valence-electron chi connectivity index (χ1n) is 9.91. The van der Waals surface area contributed by atoms with Crippen LogP contribution in [0.25, 0.3) is 22.0 Å². The van der Waals surface area contributed by atoms with Crippen molar-refractivity contribution in [3.63, 3.8) is 0 Å². The fourth-order valence-electron chi connectivity index (χ4n) is 3.78. The number of aryl methyl sites for hydroxylation is 2. The summed E-state index contributed by atoms with van der Waals surface area (Å²) in [7, 11) is 1.62. The van der Waals surface area contributed by atoms with E-state index in [4.69, 9.17) is 0 Å². The lowest BCUT2D eigenvalue weighted by atomic mass is 10.0. The molecule has 172 valence electrons. The van der Waals surface area contributed by atoms with Gasteiger partial charge in [0.15, 0.2) is 5.69 Å². The molecular weight excluding hydrogens is 456 g/mol. The lowest BCUT2D eigenvalue weighted by molar-refractivity contribution is -0.140. The SMILES string of the molecule is CSNc1cc(-c2cc(C)c(=O)n(C)c2)cc2c1c(C(F)(F)F)nn2Cc1ccc(F)cc1. The second-order valence-electron chi connectivity index (χ2n) is 7.68. The van der Waals surface area contributed by atoms with Gasteiger partial charge in [-0.05, 0) is 53.9 Å². The number of hydrogen-bond donors (Lipinski definition) is 1. The van der Waals surface area contributed by atoms with E-state index in [2.05, 4.69) is 9.82 Å². The van der Waals surface area contributed by atoms with Crippen molar-refractivity contribution in [2.24, 2.45) is 7.05 Å². The Morgan fingerprint density at radius 2 is 1.79 bits per heavy atom. The monoisotopic (exact) mass is 476 g/mol. The number of pyridine rings is 1. The highest BCUT2D eigenvalue weighted by Gasteiger charge is 2.38. The maximum atomic E-state index is 13.9. The van der Waals surface area contributed by atoms with Gasteiger partial charge in [-0.2, -0.15) is 18.3 Å². The van der Waals surface area contributed by atoms with Gasteiger partial charge < -0.3 is 9.29 Å². The van der Waals surface area contributed by atoms with E-state index in [1.54, 1.807) is 44.6 Å². The van der Waals surface area contributed by atoms with Crippen LogP contribution in [0.15, 0.2) is 53.5 Å². The van der Waals surface area contributed by atoms with Crippen molar-refractivity contribution < 1.29 is 17.6 Å². The average molecular weight is 476 g/mol. The van der Waals surface area contributed by atoms with Crippen LogP contribution < -0.4 is 10.3 Å². The quantitative estimate of drug-likeness (QED) is 0.301. The van der Waals surface area contributed by atoms with E-state index in [9.17, 15) is 22.4 Å². The van der Waals surface area contributed by atoms with Crippen molar-refractivity contribution in [1.82, 2.24) is 14.3 Å². The zero-order chi connectivity index (χ0) is 23.9. The highest BCUT2D eigenvalue weighted by molar-refractivity contribution is 7.99. The van der Waals surface area contributed by atoms with Crippen LogP contribution >= 0.6 is 11.9 Å². The second-order valence-corrected chi connectivity index (χ2v) is 8.29. The van der Waals surface area contributed by atoms with Gasteiger partial charge in [-0.15, -0.1) is 0 Å². The highest BCUT2D eigenvalue weighted by atomic mass is 32.2. The third kappa shape index (κ3) is 4.47. The Morgan fingerprint density at radius 1 is 1.09 bits per heavy atom. The van der Waals surface area contributed by atoms with Crippen LogP contribution in [0.4, 0.5) is 23.2 Å². The molecule has 2 heterocycles. The first-order valence-corrected chi connectivity index (χ1v) is 11.1. The van der Waals surface area contributed by atoms with Gasteiger partial charge in [0.05, 0.1) is 23.1 Å². The molecule has 1 N–H and O–H groups in total. The van der Waals surface area contributed by atoms with Crippen LogP contribution in [0.5, 0.6) is 0 Å². The van der Waals surface area contributed by atoms with Crippen LogP contribution in [0.1, 0.15) is 16.8 Å². The summed E-state index contributed by atoms with van der Waals surface area (Å²) in [5.41, 5.74) is 1.83. The minimum atomic E-state index is -4.67. The Hall–Kier alpha value is -3.27. The number of rotatable bonds is 5. The number of aromatic nitrogens is 3. The number of halogens is 4. The molecular formula is C23H20F4N4OS. The zero-order valence-electron chi connectivity index (χ0n) is 18.0. The topological polar surface area (TPSA) is 51.9 Å². The predicted octanol–water partition coefficient (Wildman–Crippen LogP) is 5.61. The van der Waals surface area contributed by atoms with E-state index >= 15 is 0 Å². The maximum Gasteiger partial charge on any atom is 0.435 e. The standard InChI is InChI=1S/C23H20F4N4OS/c1-13-8-16(12-30(2)22(13)32)15-9-18(29-33-3)20-19(10-15)31(28-21(20)23(25,26)27)11-14-4-6-17(24)7-5-14/h4-10,12,29H,11H2,1-3H3. The molecule has 2 aromatic heterocycles. The number of nitrogens with zero attached hydrogens (tertiary/aromatic N) is 3. The van der Waals surface area contributed by atoms with Crippen LogP contribution in [-0.4, -0.2) is 20.6 Å². The summed E-state index contributed by atoms with van der Waals surface area (Å²) in [5.74, 6) is -0.432. The minimum Gasteiger partial charge on any atom is -0.329 e. The summed E-state index contributed by atoms with van der Waals surface area (Å²) in [5, 5.41) is 3.85. The van der Waals surface area contributed by atoms with Crippen molar-refractivity contribution in [1.29, 1.82) is 0 Å². The van der Waals surface area contributed by atoms with Gasteiger partial charge in [0, 0.05) is 25.1 Å². The molecule has 0 bridgehead atoms. The van der Waals surface area contributed by atoms with Crippen LogP contribution in [0.2, 0.25) is 0 Å². The van der Waals surface area contributed by atoms with Gasteiger partial charge in [0.2, 0.25) is 0 Å². The van der Waals surface area contributed by atoms with Crippen LogP contribution in [0, 0.1) is 12.7 Å². The van der Waals surface area contributed by atoms with E-state index in [-0.39, 0.29) is 28.7 Å². The molecule has 0 atom stereocenters. The summed E-state index contributed by atoms with van der Waals surface area (Å²) in [4.78, 5) is 12.1. The Labute approximate surface area is 191 Å². The number of anilines is 1. The molecule has 0 saturated carbocycles. The molecule has 0 spiro atoms. The smallest absolute Gasteiger partial charge is 0.329 e. The summed E-state index contributed by atoms with van der Waals surface area (Å²) in [6.45, 7) is 1.72. The lowest BCUT2D eigenvalue weighted by Gasteiger charge is -2.12. The van der Waals surface area contributed by atoms with Gasteiger partial charge in [-0.25, -0.2) is 4.39 Å². The number of benzene rings is 2. The Kier molecular flexibility index (Phi) is 5.96. The molecule has 33 heavy (non-hydrogen) atoms. The van der Waals surface area contributed by atoms with Gasteiger partial charge in [0.25, 0.3) is 5.56 Å². The minimum absolute atomic E-state index is 0.0291. The van der Waals surface area contributed by atoms with Crippen molar-refractivity contribution in [3.8, 4) is 11.1 Å². The summed E-state index contributed by atoms with van der Waals surface area (Å²) < 4.78 is 60.7. The molecule has 10 heteroatoms. The summed E-state index contributed by atoms with van der Waals surface area (Å²) in [6, 6.07) is 10.5. The number of hydrogen-bond acceptors (Lipinski definition) is 4. The molecule has 0 aliphatic rings. The first-order chi connectivity index (χ1) is 15.6. The fraction of sp³-hybridized carbons (Fsp3) is 0.217. The van der Waals surface area contributed by atoms with Crippen molar-refractivity contribution in [2.45, 2.75) is 19.6 Å². The molecule has 0 radical (unpaired) electrons. The van der Waals surface area contributed by atoms with E-state index in [0.717, 1.165) is 0 Å². The summed E-state index contributed by atoms with van der Waals surface area (Å²) in [6.07, 6.45) is -1.31. The van der Waals surface area contributed by atoms with Crippen LogP contribution in [-0.2, 0) is 19.8 Å². The molecule has 0 aliphatic carbocycles. The third-order valence-corrected chi connectivity index (χ3v) is 5.70. The first kappa shape index (κ1) is 22.9. The Bertz CT molecular complexity index is 1360. The molecule has 4 aromatic rings. The van der Waals surface area contributed by atoms with E-state index in [1.165, 1.54) is 45.5 Å². The third-order valence-electron chi connectivity index (χ3n) is 5.28. The van der Waals surface area contributed by atoms with Crippen molar-refractivity contribution >= 4 is 28.5 Å². The molecule has 4 rings (SSSR count). The maximum absolute atomic E-state index is 13.9. The zero-order valence-corrected chi connectivity index (χ0v) is 18.8. The van der Waals surface area contributed by atoms with E-state index in [0.29, 0.717) is 22.3 Å². The summed E-state index contributed by atoms with van der Waals surface area (Å²) >= 11 is 1.17. The Balaban J connectivity index is 1.99. The molecule has 0 amide bonds. The Morgan fingerprint density at radius 3 is 2.39 bits per heavy atom. The molecule has 5 nitrogen and oxygen atoms in total. The normalized spacial score (nSPS) is 11.8. The average Bonchev–Trinajstić information content (AvgIpc) is 3.12. The second kappa shape index (κ2) is 8.58. The van der Waals surface area contributed by atoms with Gasteiger partial charge in [0.1, 0.15) is 5.82 Å².